The van der Waals surface area contributed by atoms with Crippen LogP contribution in [-0.4, -0.2) is 48.8 Å². The van der Waals surface area contributed by atoms with Gasteiger partial charge in [0.05, 0.1) is 12.3 Å². The zero-order valence-electron chi connectivity index (χ0n) is 21.4. The number of carbonyl (C=O) groups is 1. The summed E-state index contributed by atoms with van der Waals surface area (Å²) >= 11 is 0. The number of amidine groups is 1. The Balaban J connectivity index is 1.73. The number of aliphatic hydroxyl groups is 1. The van der Waals surface area contributed by atoms with Crippen LogP contribution < -0.4 is 16.4 Å². The number of anilines is 2. The maximum absolute atomic E-state index is 12.7. The number of nitrogens with one attached hydrogen (secondary N) is 2. The van der Waals surface area contributed by atoms with Crippen LogP contribution in [0.3, 0.4) is 0 Å². The Hall–Kier alpha value is -4.30. The van der Waals surface area contributed by atoms with Crippen molar-refractivity contribution in [3.05, 3.63) is 41.9 Å². The summed E-state index contributed by atoms with van der Waals surface area (Å²) in [5.74, 6) is 2.62. The molecule has 5 N–H and O–H groups in total. The number of nitrogens with two attached hydrogens (primary N) is 1. The summed E-state index contributed by atoms with van der Waals surface area (Å²) in [5.41, 5.74) is 7.13. The molecule has 0 atom stereocenters. The van der Waals surface area contributed by atoms with Gasteiger partial charge in [0, 0.05) is 39.9 Å². The molecule has 1 aliphatic rings. The second kappa shape index (κ2) is 9.46. The lowest BCUT2D eigenvalue weighted by Crippen LogP contribution is -2.21. The molecule has 4 rings (SSSR count). The van der Waals surface area contributed by atoms with E-state index in [4.69, 9.17) is 11.2 Å². The average Bonchev–Trinajstić information content (AvgIpc) is 3.60. The number of hydrogen-bond donors (Lipinski definition) is 4. The van der Waals surface area contributed by atoms with Crippen LogP contribution in [0.15, 0.2) is 35.6 Å². The Morgan fingerprint density at radius 1 is 1.45 bits per heavy atom. The van der Waals surface area contributed by atoms with Crippen molar-refractivity contribution >= 4 is 28.9 Å². The van der Waals surface area contributed by atoms with Gasteiger partial charge < -0.3 is 21.5 Å². The molecule has 11 nitrogen and oxygen atoms in total. The maximum Gasteiger partial charge on any atom is 0.273 e. The molecule has 2 aromatic heterocycles. The first-order chi connectivity index (χ1) is 17.7. The minimum atomic E-state index is -2.74. The van der Waals surface area contributed by atoms with Gasteiger partial charge in [0.1, 0.15) is 20.1 Å². The van der Waals surface area contributed by atoms with Crippen molar-refractivity contribution in [2.75, 3.05) is 12.3 Å². The fraction of sp³-hybridized carbons (Fsp3) is 0.273. The molecule has 1 amide bonds. The molecular weight excluding hydrogens is 422 g/mol. The Morgan fingerprint density at radius 2 is 2.33 bits per heavy atom. The van der Waals surface area contributed by atoms with E-state index in [2.05, 4.69) is 36.5 Å². The highest BCUT2D eigenvalue weighted by atomic mass is 16.3. The van der Waals surface area contributed by atoms with Gasteiger partial charge in [0.15, 0.2) is 17.3 Å². The van der Waals surface area contributed by atoms with Gasteiger partial charge in [-0.15, -0.1) is 16.6 Å². The van der Waals surface area contributed by atoms with E-state index in [-0.39, 0.29) is 29.7 Å². The average molecular weight is 450 g/mol. The third-order valence-electron chi connectivity index (χ3n) is 4.97. The lowest BCUT2D eigenvalue weighted by Gasteiger charge is -2.15. The van der Waals surface area contributed by atoms with Crippen LogP contribution >= 0.6 is 0 Å². The van der Waals surface area contributed by atoms with Gasteiger partial charge in [-0.05, 0) is 18.9 Å². The Kier molecular flexibility index (Phi) is 4.95. The van der Waals surface area contributed by atoms with Gasteiger partial charge in [0.2, 0.25) is 0 Å². The molecule has 1 saturated carbocycles. The van der Waals surface area contributed by atoms with Crippen molar-refractivity contribution in [2.24, 2.45) is 16.6 Å². The minimum Gasteiger partial charge on any atom is -0.392 e. The molecule has 168 valence electrons. The predicted octanol–water partition coefficient (Wildman–Crippen LogP) is 1.36. The lowest BCUT2D eigenvalue weighted by molar-refractivity contribution is 0.0958. The molecule has 0 unspecified atom stereocenters. The fourth-order valence-electron chi connectivity index (χ4n) is 3.17. The summed E-state index contributed by atoms with van der Waals surface area (Å²) in [6.07, 6.45) is 5.36. The van der Waals surface area contributed by atoms with Crippen LogP contribution in [0.5, 0.6) is 0 Å². The summed E-state index contributed by atoms with van der Waals surface area (Å²) < 4.78 is 30.5. The van der Waals surface area contributed by atoms with E-state index in [1.807, 2.05) is 11.7 Å². The summed E-state index contributed by atoms with van der Waals surface area (Å²) in [6.45, 7) is -2.97. The van der Waals surface area contributed by atoms with Crippen molar-refractivity contribution in [1.82, 2.24) is 30.3 Å². The van der Waals surface area contributed by atoms with Gasteiger partial charge >= 0.3 is 0 Å². The summed E-state index contributed by atoms with van der Waals surface area (Å²) in [4.78, 5) is 21.2. The summed E-state index contributed by atoms with van der Waals surface area (Å²) in [7, 11) is 0. The van der Waals surface area contributed by atoms with E-state index in [0.29, 0.717) is 28.5 Å². The number of nitrogens with zero attached hydrogens (tertiary/aromatic N) is 6. The van der Waals surface area contributed by atoms with E-state index in [9.17, 15) is 9.90 Å². The van der Waals surface area contributed by atoms with Crippen molar-refractivity contribution in [2.45, 2.75) is 26.0 Å². The molecule has 3 aromatic rings. The monoisotopic (exact) mass is 449 g/mol. The smallest absolute Gasteiger partial charge is 0.273 e. The third-order valence-corrected chi connectivity index (χ3v) is 4.97. The van der Waals surface area contributed by atoms with Gasteiger partial charge in [-0.1, -0.05) is 18.1 Å². The molecule has 1 aliphatic carbocycles. The number of amides is 1. The molecule has 0 spiro atoms. The van der Waals surface area contributed by atoms with E-state index >= 15 is 0 Å². The van der Waals surface area contributed by atoms with Crippen molar-refractivity contribution < 1.29 is 15.4 Å². The Labute approximate surface area is 195 Å². The maximum atomic E-state index is 12.7. The number of hydrogen-bond acceptors (Lipinski definition) is 8. The largest absolute Gasteiger partial charge is 0.392 e. The topological polar surface area (TPSA) is 156 Å². The highest BCUT2D eigenvalue weighted by Crippen LogP contribution is 2.32. The minimum absolute atomic E-state index is 0.107. The second-order valence-corrected chi connectivity index (χ2v) is 7.29. The lowest BCUT2D eigenvalue weighted by atomic mass is 10.0. The fourth-order valence-corrected chi connectivity index (χ4v) is 3.17. The van der Waals surface area contributed by atoms with E-state index in [1.54, 1.807) is 18.2 Å². The second-order valence-electron chi connectivity index (χ2n) is 7.29. The number of benzene rings is 1. The van der Waals surface area contributed by atoms with Crippen LogP contribution in [0.2, 0.25) is 0 Å². The first kappa shape index (κ1) is 17.3. The summed E-state index contributed by atoms with van der Waals surface area (Å²) in [6, 6.07) is 6.50. The molecule has 11 heteroatoms. The van der Waals surface area contributed by atoms with Crippen LogP contribution in [0.25, 0.3) is 11.4 Å². The quantitative estimate of drug-likeness (QED) is 0.228. The number of aliphatic imine (C=N–C) groups is 1. The summed E-state index contributed by atoms with van der Waals surface area (Å²) in [5, 5.41) is 27.3. The van der Waals surface area contributed by atoms with Gasteiger partial charge in [-0.3, -0.25) is 4.79 Å². The number of rotatable bonds is 8. The molecule has 1 aromatic carbocycles. The molecule has 1 fully saturated rings. The van der Waals surface area contributed by atoms with Crippen molar-refractivity contribution in [3.8, 4) is 23.7 Å². The molecule has 0 bridgehead atoms. The van der Waals surface area contributed by atoms with E-state index < -0.39 is 19.5 Å². The van der Waals surface area contributed by atoms with Crippen LogP contribution in [-0.2, 0) is 13.2 Å². The number of carbonyl (C=O) groups excluding carboxylic acids is 1. The zero-order chi connectivity index (χ0) is 26.6. The van der Waals surface area contributed by atoms with E-state index in [1.165, 1.54) is 17.1 Å². The van der Waals surface area contributed by atoms with Gasteiger partial charge in [-0.2, -0.15) is 5.10 Å². The van der Waals surface area contributed by atoms with Gasteiger partial charge in [-0.25, -0.2) is 14.7 Å². The van der Waals surface area contributed by atoms with Crippen molar-refractivity contribution in [3.63, 3.8) is 0 Å². The molecule has 0 saturated heterocycles. The third kappa shape index (κ3) is 4.81. The van der Waals surface area contributed by atoms with Crippen LogP contribution in [0.4, 0.5) is 17.2 Å². The van der Waals surface area contributed by atoms with Crippen LogP contribution in [0, 0.1) is 18.2 Å². The molecule has 0 radical (unpaired) electrons. The van der Waals surface area contributed by atoms with Gasteiger partial charge in [0.25, 0.3) is 5.91 Å². The first-order valence-electron chi connectivity index (χ1n) is 12.0. The molecule has 2 heterocycles. The number of terminal acetylenes is 1. The molecule has 0 aliphatic heterocycles. The zero-order valence-corrected chi connectivity index (χ0v) is 17.4. The number of aromatic nitrogens is 5. The Morgan fingerprint density at radius 3 is 3.09 bits per heavy atom. The standard InChI is InChI=1S/C22H23N9O2/c1-3-9-31-12-25-21(30-31)14-5-4-6-16(15(14)11-32)26-17-10-18(27-20(23)13-7-8-13)28-29-19(17)22(33)24-2/h1,4-6,10,12-13,32H,7-9,11H2,2H3,(H,24,33)(H3,23,26,27,28)/i1D,2D3. The van der Waals surface area contributed by atoms with Crippen LogP contribution in [0.1, 0.15) is 34.4 Å². The molecular formula is C22H23N9O2. The molecule has 33 heavy (non-hydrogen) atoms. The highest BCUT2D eigenvalue weighted by molar-refractivity contribution is 5.98. The SMILES string of the molecule is [2H]C#CCn1cnc(-c2cccc(Nc3cc(N=C(N)C4CC4)nnc3C(=O)NC([2H])([2H])[2H])c2CO)n1. The van der Waals surface area contributed by atoms with Crippen molar-refractivity contribution in [1.29, 1.82) is 0 Å². The first-order valence-corrected chi connectivity index (χ1v) is 10.0. The Bertz CT molecular complexity index is 1410. The highest BCUT2D eigenvalue weighted by Gasteiger charge is 2.26. The normalized spacial score (nSPS) is 15.4. The predicted molar refractivity (Wildman–Crippen MR) is 123 cm³/mol. The van der Waals surface area contributed by atoms with E-state index in [0.717, 1.165) is 12.8 Å². The number of aliphatic hydroxyl groups excluding tert-OH is 1.